The molecule has 1 atom stereocenters. The standard InChI is InChI=1S/C28H29GeN/c1-21(22-12-7-5-8-13-22)26-19-28(30-20-27(26)29(2,3)4)25-17-11-16-24(18-25)23-14-9-6-10-15-23/h5-21H,1-4H3/i21D. The normalized spacial score (nSPS) is 14.1. The minimum atomic E-state index is -2.24. The van der Waals surface area contributed by atoms with Crippen LogP contribution < -0.4 is 4.40 Å². The molecule has 0 aliphatic carbocycles. The molecule has 4 aromatic rings. The van der Waals surface area contributed by atoms with Gasteiger partial charge in [-0.1, -0.05) is 0 Å². The van der Waals surface area contributed by atoms with Crippen LogP contribution in [0.4, 0.5) is 0 Å². The molecule has 150 valence electrons. The Kier molecular flexibility index (Phi) is 5.55. The Morgan fingerprint density at radius 3 is 2.00 bits per heavy atom. The van der Waals surface area contributed by atoms with Crippen LogP contribution in [-0.4, -0.2) is 18.3 Å². The predicted octanol–water partition coefficient (Wildman–Crippen LogP) is 7.11. The molecule has 0 saturated heterocycles. The molecule has 1 nitrogen and oxygen atoms in total. The zero-order valence-corrected chi connectivity index (χ0v) is 20.3. The third kappa shape index (κ3) is 4.42. The van der Waals surface area contributed by atoms with Crippen LogP contribution in [0.15, 0.2) is 97.2 Å². The molecule has 0 aliphatic heterocycles. The fraction of sp³-hybridized carbons (Fsp3) is 0.179. The van der Waals surface area contributed by atoms with Crippen LogP contribution in [0.2, 0.25) is 17.3 Å². The fourth-order valence-corrected chi connectivity index (χ4v) is 7.04. The van der Waals surface area contributed by atoms with Crippen molar-refractivity contribution in [3.05, 3.63) is 108 Å². The summed E-state index contributed by atoms with van der Waals surface area (Å²) in [5.41, 5.74) is 6.48. The molecule has 0 N–H and O–H groups in total. The number of hydrogen-bond acceptors (Lipinski definition) is 1. The Labute approximate surface area is 184 Å². The average molecular weight is 453 g/mol. The Morgan fingerprint density at radius 1 is 0.733 bits per heavy atom. The van der Waals surface area contributed by atoms with Gasteiger partial charge in [0, 0.05) is 0 Å². The van der Waals surface area contributed by atoms with Gasteiger partial charge in [-0.25, -0.2) is 0 Å². The molecule has 2 heteroatoms. The molecular formula is C28H29GeN. The van der Waals surface area contributed by atoms with Crippen LogP contribution in [0.5, 0.6) is 0 Å². The number of rotatable bonds is 5. The average Bonchev–Trinajstić information content (AvgIpc) is 2.79. The molecule has 0 radical (unpaired) electrons. The molecule has 1 aromatic heterocycles. The van der Waals surface area contributed by atoms with Gasteiger partial charge in [0.2, 0.25) is 0 Å². The molecule has 0 amide bonds. The first-order valence-electron chi connectivity index (χ1n) is 11.0. The van der Waals surface area contributed by atoms with E-state index in [-0.39, 0.29) is 0 Å². The summed E-state index contributed by atoms with van der Waals surface area (Å²) < 4.78 is 10.7. The molecule has 0 saturated carbocycles. The van der Waals surface area contributed by atoms with Crippen molar-refractivity contribution in [3.63, 3.8) is 0 Å². The van der Waals surface area contributed by atoms with E-state index < -0.39 is 19.2 Å². The van der Waals surface area contributed by atoms with Crippen molar-refractivity contribution in [3.8, 4) is 22.4 Å². The summed E-state index contributed by atoms with van der Waals surface area (Å²) in [6.07, 6.45) is 2.05. The van der Waals surface area contributed by atoms with Gasteiger partial charge in [0.1, 0.15) is 0 Å². The van der Waals surface area contributed by atoms with E-state index in [9.17, 15) is 1.37 Å². The number of nitrogens with zero attached hydrogens (tertiary/aromatic N) is 1. The first kappa shape index (κ1) is 19.3. The molecule has 0 aliphatic rings. The minimum absolute atomic E-state index is 0.830. The summed E-state index contributed by atoms with van der Waals surface area (Å²) in [5.74, 6) is 6.29. The van der Waals surface area contributed by atoms with Gasteiger partial charge in [0.05, 0.1) is 0 Å². The van der Waals surface area contributed by atoms with E-state index in [1.54, 1.807) is 0 Å². The Balaban J connectivity index is 1.86. The van der Waals surface area contributed by atoms with E-state index in [2.05, 4.69) is 90.2 Å². The molecule has 0 spiro atoms. The van der Waals surface area contributed by atoms with Crippen LogP contribution in [0.1, 0.15) is 25.3 Å². The molecule has 4 rings (SSSR count). The van der Waals surface area contributed by atoms with Gasteiger partial charge in [-0.3, -0.25) is 0 Å². The van der Waals surface area contributed by atoms with Gasteiger partial charge in [0.15, 0.2) is 0 Å². The topological polar surface area (TPSA) is 12.9 Å². The van der Waals surface area contributed by atoms with Crippen molar-refractivity contribution < 1.29 is 1.37 Å². The molecule has 1 heterocycles. The van der Waals surface area contributed by atoms with Crippen molar-refractivity contribution >= 4 is 17.7 Å². The van der Waals surface area contributed by atoms with Crippen LogP contribution in [0.3, 0.4) is 0 Å². The van der Waals surface area contributed by atoms with E-state index in [0.717, 1.165) is 22.4 Å². The Hall–Kier alpha value is -2.65. The molecule has 1 unspecified atom stereocenters. The molecule has 0 bridgehead atoms. The van der Waals surface area contributed by atoms with Crippen molar-refractivity contribution in [2.45, 2.75) is 30.1 Å². The molecule has 3 aromatic carbocycles. The second-order valence-corrected chi connectivity index (χ2v) is 19.4. The Morgan fingerprint density at radius 2 is 1.33 bits per heavy atom. The number of pyridine rings is 1. The monoisotopic (exact) mass is 454 g/mol. The number of hydrogen-bond donors (Lipinski definition) is 0. The van der Waals surface area contributed by atoms with Crippen LogP contribution in [0, 0.1) is 0 Å². The van der Waals surface area contributed by atoms with Crippen LogP contribution in [-0.2, 0) is 0 Å². The van der Waals surface area contributed by atoms with E-state index >= 15 is 0 Å². The third-order valence-electron chi connectivity index (χ3n) is 5.59. The van der Waals surface area contributed by atoms with E-state index in [1.807, 2.05) is 31.2 Å². The summed E-state index contributed by atoms with van der Waals surface area (Å²) in [5, 5.41) is 0. The van der Waals surface area contributed by atoms with Gasteiger partial charge in [-0.05, 0) is 0 Å². The summed E-state index contributed by atoms with van der Waals surface area (Å²) in [4.78, 5) is 4.88. The Bertz CT molecular complexity index is 1180. The maximum absolute atomic E-state index is 9.37. The zero-order valence-electron chi connectivity index (χ0n) is 19.2. The van der Waals surface area contributed by atoms with Crippen molar-refractivity contribution in [2.75, 3.05) is 0 Å². The van der Waals surface area contributed by atoms with E-state index in [1.165, 1.54) is 15.5 Å². The third-order valence-corrected chi connectivity index (χ3v) is 9.81. The first-order valence-corrected chi connectivity index (χ1v) is 17.8. The quantitative estimate of drug-likeness (QED) is 0.294. The van der Waals surface area contributed by atoms with Crippen LogP contribution in [0.25, 0.3) is 22.4 Å². The number of aromatic nitrogens is 1. The SMILES string of the molecule is [2H]C(C)(c1ccccc1)c1cc(-c2cccc(-c3ccccc3)c2)nc[c]1[Ge]([CH3])([CH3])[CH3]. The zero-order chi connectivity index (χ0) is 22.1. The van der Waals surface area contributed by atoms with Gasteiger partial charge >= 0.3 is 185 Å². The molecular weight excluding hydrogens is 423 g/mol. The maximum atomic E-state index is 9.37. The van der Waals surface area contributed by atoms with Gasteiger partial charge < -0.3 is 0 Å². The van der Waals surface area contributed by atoms with Gasteiger partial charge in [-0.2, -0.15) is 0 Å². The molecule has 0 fully saturated rings. The van der Waals surface area contributed by atoms with Crippen molar-refractivity contribution in [1.29, 1.82) is 0 Å². The first-order chi connectivity index (χ1) is 14.8. The molecule has 30 heavy (non-hydrogen) atoms. The van der Waals surface area contributed by atoms with Crippen molar-refractivity contribution in [2.24, 2.45) is 0 Å². The number of benzene rings is 3. The summed E-state index contributed by atoms with van der Waals surface area (Å²) >= 11 is -2.24. The van der Waals surface area contributed by atoms with Crippen LogP contribution >= 0.6 is 0 Å². The van der Waals surface area contributed by atoms with Gasteiger partial charge in [0.25, 0.3) is 0 Å². The fourth-order valence-electron chi connectivity index (χ4n) is 3.85. The van der Waals surface area contributed by atoms with E-state index in [4.69, 9.17) is 4.98 Å². The summed E-state index contributed by atoms with van der Waals surface area (Å²) in [6, 6.07) is 31.3. The second-order valence-electron chi connectivity index (χ2n) is 8.80. The summed E-state index contributed by atoms with van der Waals surface area (Å²) in [6.45, 7) is 2.01. The van der Waals surface area contributed by atoms with Gasteiger partial charge in [-0.15, -0.1) is 0 Å². The van der Waals surface area contributed by atoms with E-state index in [0.29, 0.717) is 0 Å². The second kappa shape index (κ2) is 8.61. The summed E-state index contributed by atoms with van der Waals surface area (Å²) in [7, 11) is 0. The predicted molar refractivity (Wildman–Crippen MR) is 132 cm³/mol. The van der Waals surface area contributed by atoms with Crippen molar-refractivity contribution in [1.82, 2.24) is 4.98 Å².